The van der Waals surface area contributed by atoms with Gasteiger partial charge in [-0.05, 0) is 5.56 Å². The molecular weight excluding hydrogens is 362 g/mol. The van der Waals surface area contributed by atoms with Crippen LogP contribution in [0.5, 0.6) is 0 Å². The molecule has 1 aromatic carbocycles. The van der Waals surface area contributed by atoms with E-state index in [-0.39, 0.29) is 6.67 Å². The highest BCUT2D eigenvalue weighted by molar-refractivity contribution is 6.47. The molecule has 0 radical (unpaired) electrons. The average molecular weight is 387 g/mol. The highest BCUT2D eigenvalue weighted by Gasteiger charge is 2.55. The molecule has 0 amide bonds. The SMILES string of the molecule is CC(C)(c1ccccc1)[C@@]1(N)N=CN=C2C1=NCN2[C@@H]1O[C@H](CO)[C@@H](O)[C@H]1O. The zero-order chi connectivity index (χ0) is 20.1. The van der Waals surface area contributed by atoms with Crippen molar-refractivity contribution in [1.82, 2.24) is 4.90 Å². The van der Waals surface area contributed by atoms with Crippen molar-refractivity contribution >= 4 is 17.9 Å². The summed E-state index contributed by atoms with van der Waals surface area (Å²) in [6.45, 7) is 3.76. The number of ether oxygens (including phenoxy) is 1. The molecular formula is C19H25N5O4. The zero-order valence-corrected chi connectivity index (χ0v) is 15.8. The Morgan fingerprint density at radius 3 is 2.61 bits per heavy atom. The molecule has 1 saturated heterocycles. The summed E-state index contributed by atoms with van der Waals surface area (Å²) < 4.78 is 5.64. The van der Waals surface area contributed by atoms with Crippen molar-refractivity contribution in [3.63, 3.8) is 0 Å². The molecule has 9 heteroatoms. The van der Waals surface area contributed by atoms with E-state index >= 15 is 0 Å². The smallest absolute Gasteiger partial charge is 0.165 e. The lowest BCUT2D eigenvalue weighted by Crippen LogP contribution is -2.64. The van der Waals surface area contributed by atoms with Crippen LogP contribution in [0.4, 0.5) is 0 Å². The van der Waals surface area contributed by atoms with Gasteiger partial charge in [0.25, 0.3) is 0 Å². The number of fused-ring (bicyclic) bond motifs is 1. The third-order valence-corrected chi connectivity index (χ3v) is 5.94. The Labute approximate surface area is 162 Å². The maximum atomic E-state index is 10.4. The molecule has 0 aromatic heterocycles. The minimum atomic E-state index is -1.21. The molecule has 150 valence electrons. The summed E-state index contributed by atoms with van der Waals surface area (Å²) in [5.41, 5.74) is 6.55. The molecule has 0 spiro atoms. The van der Waals surface area contributed by atoms with E-state index in [1.165, 1.54) is 6.34 Å². The number of rotatable bonds is 4. The fourth-order valence-electron chi connectivity index (χ4n) is 3.95. The second kappa shape index (κ2) is 6.71. The lowest BCUT2D eigenvalue weighted by atomic mass is 9.71. The van der Waals surface area contributed by atoms with E-state index in [9.17, 15) is 15.3 Å². The fourth-order valence-corrected chi connectivity index (χ4v) is 3.95. The Morgan fingerprint density at radius 2 is 1.96 bits per heavy atom. The van der Waals surface area contributed by atoms with E-state index < -0.39 is 42.2 Å². The van der Waals surface area contributed by atoms with Crippen molar-refractivity contribution in [2.75, 3.05) is 13.3 Å². The molecule has 28 heavy (non-hydrogen) atoms. The number of amidine groups is 1. The Hall–Kier alpha value is -2.17. The van der Waals surface area contributed by atoms with E-state index in [2.05, 4.69) is 15.0 Å². The predicted molar refractivity (Wildman–Crippen MR) is 104 cm³/mol. The summed E-state index contributed by atoms with van der Waals surface area (Å²) >= 11 is 0. The summed E-state index contributed by atoms with van der Waals surface area (Å²) in [6, 6.07) is 9.83. The topological polar surface area (TPSA) is 136 Å². The maximum absolute atomic E-state index is 10.4. The van der Waals surface area contributed by atoms with Gasteiger partial charge >= 0.3 is 0 Å². The number of aliphatic hydroxyl groups is 3. The van der Waals surface area contributed by atoms with Crippen LogP contribution in [0.2, 0.25) is 0 Å². The second-order valence-electron chi connectivity index (χ2n) is 7.80. The van der Waals surface area contributed by atoms with Crippen LogP contribution in [-0.2, 0) is 10.2 Å². The number of nitrogens with zero attached hydrogens (tertiary/aromatic N) is 4. The second-order valence-corrected chi connectivity index (χ2v) is 7.80. The van der Waals surface area contributed by atoms with Crippen molar-refractivity contribution in [3.05, 3.63) is 35.9 Å². The van der Waals surface area contributed by atoms with Gasteiger partial charge < -0.3 is 30.7 Å². The van der Waals surface area contributed by atoms with Crippen LogP contribution in [0, 0.1) is 0 Å². The minimum absolute atomic E-state index is 0.161. The van der Waals surface area contributed by atoms with E-state index in [1.807, 2.05) is 44.2 Å². The van der Waals surface area contributed by atoms with Crippen LogP contribution in [0.3, 0.4) is 0 Å². The van der Waals surface area contributed by atoms with E-state index in [0.29, 0.717) is 11.5 Å². The number of aliphatic imine (C=N–C) groups is 3. The molecule has 5 N–H and O–H groups in total. The molecule has 9 nitrogen and oxygen atoms in total. The summed E-state index contributed by atoms with van der Waals surface area (Å²) in [5.74, 6) is 0.455. The van der Waals surface area contributed by atoms with Crippen LogP contribution >= 0.6 is 0 Å². The lowest BCUT2D eigenvalue weighted by molar-refractivity contribution is -0.0688. The number of nitrogens with two attached hydrogens (primary N) is 1. The van der Waals surface area contributed by atoms with E-state index in [4.69, 9.17) is 10.5 Å². The summed E-state index contributed by atoms with van der Waals surface area (Å²) in [5, 5.41) is 29.8. The molecule has 0 saturated carbocycles. The first-order chi connectivity index (χ1) is 13.3. The van der Waals surface area contributed by atoms with Gasteiger partial charge in [-0.3, -0.25) is 4.99 Å². The quantitative estimate of drug-likeness (QED) is 0.535. The summed E-state index contributed by atoms with van der Waals surface area (Å²) in [4.78, 5) is 15.1. The third-order valence-electron chi connectivity index (χ3n) is 5.94. The van der Waals surface area contributed by atoms with Gasteiger partial charge in [-0.2, -0.15) is 0 Å². The number of benzene rings is 1. The van der Waals surface area contributed by atoms with Crippen LogP contribution in [-0.4, -0.2) is 81.6 Å². The van der Waals surface area contributed by atoms with Crippen LogP contribution in [0.15, 0.2) is 45.3 Å². The van der Waals surface area contributed by atoms with Crippen LogP contribution in [0.25, 0.3) is 0 Å². The van der Waals surface area contributed by atoms with Crippen LogP contribution in [0.1, 0.15) is 19.4 Å². The average Bonchev–Trinajstić information content (AvgIpc) is 3.25. The van der Waals surface area contributed by atoms with Gasteiger partial charge in [-0.15, -0.1) is 0 Å². The van der Waals surface area contributed by atoms with Crippen molar-refractivity contribution in [3.8, 4) is 0 Å². The Bertz CT molecular complexity index is 840. The largest absolute Gasteiger partial charge is 0.394 e. The predicted octanol–water partition coefficient (Wildman–Crippen LogP) is -0.787. The molecule has 3 aliphatic rings. The van der Waals surface area contributed by atoms with Gasteiger partial charge in [0, 0.05) is 5.41 Å². The van der Waals surface area contributed by atoms with Gasteiger partial charge in [-0.25, -0.2) is 9.98 Å². The van der Waals surface area contributed by atoms with Gasteiger partial charge in [0.05, 0.1) is 6.61 Å². The van der Waals surface area contributed by atoms with Gasteiger partial charge in [0.1, 0.15) is 37.0 Å². The Morgan fingerprint density at radius 1 is 1.25 bits per heavy atom. The molecule has 0 unspecified atom stereocenters. The Kier molecular flexibility index (Phi) is 4.59. The molecule has 4 rings (SSSR count). The molecule has 1 fully saturated rings. The van der Waals surface area contributed by atoms with Crippen molar-refractivity contribution in [1.29, 1.82) is 0 Å². The first-order valence-electron chi connectivity index (χ1n) is 9.21. The molecule has 5 atom stereocenters. The van der Waals surface area contributed by atoms with Gasteiger partial charge in [-0.1, -0.05) is 44.2 Å². The minimum Gasteiger partial charge on any atom is -0.394 e. The summed E-state index contributed by atoms with van der Waals surface area (Å²) in [6.07, 6.45) is -2.76. The molecule has 0 aliphatic carbocycles. The van der Waals surface area contributed by atoms with E-state index in [1.54, 1.807) is 4.90 Å². The third kappa shape index (κ3) is 2.62. The standard InChI is InChI=1S/C19H25N5O4/c1-18(2,11-6-4-3-5-7-11)19(20)15-16(21-9-23-19)24(10-22-15)17-14(27)13(26)12(8-25)28-17/h3-7,9,12-14,17,25-27H,8,10,20H2,1-2H3/t12-,13-,14-,17-,19+/m1/s1. The first kappa shape index (κ1) is 19.2. The molecule has 3 aliphatic heterocycles. The molecule has 1 aromatic rings. The number of hydrogen-bond acceptors (Lipinski definition) is 9. The monoisotopic (exact) mass is 387 g/mol. The van der Waals surface area contributed by atoms with Crippen molar-refractivity contribution in [2.45, 2.75) is 49.5 Å². The maximum Gasteiger partial charge on any atom is 0.165 e. The highest BCUT2D eigenvalue weighted by atomic mass is 16.6. The van der Waals surface area contributed by atoms with Gasteiger partial charge in [0.15, 0.2) is 17.7 Å². The van der Waals surface area contributed by atoms with Gasteiger partial charge in [0.2, 0.25) is 0 Å². The fraction of sp³-hybridized carbons (Fsp3) is 0.526. The summed E-state index contributed by atoms with van der Waals surface area (Å²) in [7, 11) is 0. The lowest BCUT2D eigenvalue weighted by Gasteiger charge is -2.43. The van der Waals surface area contributed by atoms with E-state index in [0.717, 1.165) is 5.56 Å². The Balaban J connectivity index is 1.66. The van der Waals surface area contributed by atoms with Crippen molar-refractivity contribution in [2.24, 2.45) is 20.7 Å². The normalized spacial score (nSPS) is 35.0. The number of hydrogen-bond donors (Lipinski definition) is 4. The molecule has 0 bridgehead atoms. The highest BCUT2D eigenvalue weighted by Crippen LogP contribution is 2.39. The number of aliphatic hydroxyl groups excluding tert-OH is 3. The van der Waals surface area contributed by atoms with Crippen molar-refractivity contribution < 1.29 is 20.1 Å². The molecule has 3 heterocycles. The zero-order valence-electron chi connectivity index (χ0n) is 15.8. The first-order valence-corrected chi connectivity index (χ1v) is 9.21. The van der Waals surface area contributed by atoms with Crippen LogP contribution < -0.4 is 5.73 Å².